The van der Waals surface area contributed by atoms with Gasteiger partial charge in [0.2, 0.25) is 5.95 Å². The Morgan fingerprint density at radius 2 is 1.67 bits per heavy atom. The summed E-state index contributed by atoms with van der Waals surface area (Å²) in [5.41, 5.74) is 3.25. The van der Waals surface area contributed by atoms with Gasteiger partial charge < -0.3 is 18.9 Å². The number of ether oxygens (including phenoxy) is 2. The highest BCUT2D eigenvalue weighted by atomic mass is 16.5. The average Bonchev–Trinajstić information content (AvgIpc) is 3.60. The quantitative estimate of drug-likeness (QED) is 0.207. The third-order valence-electron chi connectivity index (χ3n) is 12.6. The van der Waals surface area contributed by atoms with Crippen LogP contribution >= 0.6 is 0 Å². The van der Waals surface area contributed by atoms with Crippen molar-refractivity contribution >= 4 is 40.4 Å². The summed E-state index contributed by atoms with van der Waals surface area (Å²) < 4.78 is 19.0. The molecule has 1 N–H and O–H groups in total. The van der Waals surface area contributed by atoms with Crippen LogP contribution in [0, 0.1) is 5.92 Å². The van der Waals surface area contributed by atoms with Gasteiger partial charge in [-0.05, 0) is 91.6 Å². The number of esters is 1. The molecule has 1 aliphatic carbocycles. The molecule has 3 amide bonds. The van der Waals surface area contributed by atoms with E-state index in [1.165, 1.54) is 22.1 Å². The lowest BCUT2D eigenvalue weighted by Gasteiger charge is -2.31. The topological polar surface area (TPSA) is 178 Å². The van der Waals surface area contributed by atoms with Crippen LogP contribution in [0.1, 0.15) is 75.6 Å². The maximum absolute atomic E-state index is 15.0. The lowest BCUT2D eigenvalue weighted by atomic mass is 9.91. The van der Waals surface area contributed by atoms with Gasteiger partial charge in [0, 0.05) is 55.0 Å². The Morgan fingerprint density at radius 1 is 0.900 bits per heavy atom. The molecule has 1 saturated carbocycles. The van der Waals surface area contributed by atoms with Crippen molar-refractivity contribution in [3.05, 3.63) is 134 Å². The molecule has 2 saturated heterocycles. The number of hydrogen-bond acceptors (Lipinski definition) is 10. The molecule has 4 aliphatic rings. The number of urea groups is 1. The number of H-pyrrole nitrogens is 1. The number of methoxy groups -OCH3 is 1. The van der Waals surface area contributed by atoms with E-state index in [0.29, 0.717) is 66.2 Å². The smallest absolute Gasteiger partial charge is 0.438 e. The van der Waals surface area contributed by atoms with Crippen LogP contribution < -0.4 is 21.1 Å². The molecule has 6 aromatic rings. The van der Waals surface area contributed by atoms with E-state index in [2.05, 4.69) is 29.2 Å². The highest BCUT2D eigenvalue weighted by Crippen LogP contribution is 2.56. The molecule has 306 valence electrons. The Labute approximate surface area is 342 Å². The number of rotatable bonds is 8. The number of nitrogens with zero attached hydrogens (tertiary/aromatic N) is 7. The number of amides is 3. The van der Waals surface area contributed by atoms with E-state index < -0.39 is 22.8 Å². The third-order valence-corrected chi connectivity index (χ3v) is 12.6. The summed E-state index contributed by atoms with van der Waals surface area (Å²) >= 11 is 0. The Kier molecular flexibility index (Phi) is 9.04. The minimum atomic E-state index is -0.828. The zero-order valence-electron chi connectivity index (χ0n) is 33.1. The third kappa shape index (κ3) is 6.03. The molecule has 0 bridgehead atoms. The highest BCUT2D eigenvalue weighted by molar-refractivity contribution is 6.05. The van der Waals surface area contributed by atoms with E-state index >= 15 is 4.79 Å². The van der Waals surface area contributed by atoms with Crippen LogP contribution in [0.15, 0.2) is 93.0 Å². The van der Waals surface area contributed by atoms with Crippen molar-refractivity contribution in [3.8, 4) is 5.69 Å². The first kappa shape index (κ1) is 37.5. The second-order valence-corrected chi connectivity index (χ2v) is 16.0. The van der Waals surface area contributed by atoms with Gasteiger partial charge in [-0.3, -0.25) is 28.9 Å². The Balaban J connectivity index is 1.07. The van der Waals surface area contributed by atoms with Crippen molar-refractivity contribution in [2.45, 2.75) is 50.6 Å². The van der Waals surface area contributed by atoms with Gasteiger partial charge in [-0.15, -0.1) is 0 Å². The highest BCUT2D eigenvalue weighted by Gasteiger charge is 2.59. The van der Waals surface area contributed by atoms with Crippen LogP contribution in [0.3, 0.4) is 0 Å². The summed E-state index contributed by atoms with van der Waals surface area (Å²) in [6.07, 6.45) is 2.63. The van der Waals surface area contributed by atoms with E-state index in [9.17, 15) is 19.2 Å². The number of para-hydroxylation sites is 1. The van der Waals surface area contributed by atoms with Gasteiger partial charge in [0.15, 0.2) is 5.82 Å². The monoisotopic (exact) mass is 810 g/mol. The number of anilines is 2. The number of benzene rings is 3. The Morgan fingerprint density at radius 3 is 2.40 bits per heavy atom. The zero-order valence-corrected chi connectivity index (χ0v) is 33.1. The lowest BCUT2D eigenvalue weighted by molar-refractivity contribution is 0.0600. The second-order valence-electron chi connectivity index (χ2n) is 16.0. The van der Waals surface area contributed by atoms with Crippen molar-refractivity contribution in [2.24, 2.45) is 5.92 Å². The van der Waals surface area contributed by atoms with E-state index in [1.54, 1.807) is 34.1 Å². The average molecular weight is 811 g/mol. The van der Waals surface area contributed by atoms with E-state index in [4.69, 9.17) is 19.0 Å². The standard InChI is InChI=1S/C44H42N8O8/c1-26-24-44(26,40-46-42(56)60-47-40)52-35-12-11-28(27-14-19-59-20-15-27)21-30(35)23-36(52)38(54)48-16-13-33-34(25-48)45-41(50-18-17-49(43(50)57)31-8-4-3-5-9-31)51(37(33)53)32-10-6-7-29(22-32)39(55)58-2/h3-12,21-23,26-27H,13-20,24-25H2,1-2H3,(H,46,47,56)/t26-,44-/m0/s1. The first-order valence-electron chi connectivity index (χ1n) is 20.2. The van der Waals surface area contributed by atoms with Gasteiger partial charge in [-0.25, -0.2) is 23.9 Å². The molecule has 3 fully saturated rings. The lowest BCUT2D eigenvalue weighted by Crippen LogP contribution is -2.43. The molecule has 0 spiro atoms. The molecule has 60 heavy (non-hydrogen) atoms. The predicted molar refractivity (Wildman–Crippen MR) is 219 cm³/mol. The van der Waals surface area contributed by atoms with E-state index in [-0.39, 0.29) is 55.4 Å². The van der Waals surface area contributed by atoms with E-state index in [1.807, 2.05) is 47.0 Å². The minimum Gasteiger partial charge on any atom is -0.465 e. The maximum Gasteiger partial charge on any atom is 0.438 e. The van der Waals surface area contributed by atoms with Crippen molar-refractivity contribution in [1.82, 2.24) is 29.2 Å². The Bertz CT molecular complexity index is 2820. The predicted octanol–water partition coefficient (Wildman–Crippen LogP) is 4.97. The molecule has 3 aromatic heterocycles. The summed E-state index contributed by atoms with van der Waals surface area (Å²) in [5, 5.41) is 5.01. The van der Waals surface area contributed by atoms with Gasteiger partial charge in [0.1, 0.15) is 11.2 Å². The first-order valence-corrected chi connectivity index (χ1v) is 20.2. The second kappa shape index (κ2) is 14.5. The molecule has 6 heterocycles. The largest absolute Gasteiger partial charge is 0.465 e. The van der Waals surface area contributed by atoms with Crippen LogP contribution in [-0.4, -0.2) is 87.0 Å². The van der Waals surface area contributed by atoms with Gasteiger partial charge in [-0.1, -0.05) is 42.4 Å². The fraction of sp³-hybridized carbons (Fsp3) is 0.341. The first-order chi connectivity index (χ1) is 29.2. The number of nitrogens with one attached hydrogen (secondary N) is 1. The van der Waals surface area contributed by atoms with Gasteiger partial charge in [0.25, 0.3) is 11.5 Å². The van der Waals surface area contributed by atoms with Gasteiger partial charge >= 0.3 is 17.8 Å². The molecule has 0 radical (unpaired) electrons. The number of carbonyl (C=O) groups excluding carboxylic acids is 3. The van der Waals surface area contributed by atoms with Crippen LogP contribution in [0.5, 0.6) is 0 Å². The fourth-order valence-electron chi connectivity index (χ4n) is 9.36. The minimum absolute atomic E-state index is 0.00206. The molecule has 16 heteroatoms. The molecule has 16 nitrogen and oxygen atoms in total. The molecule has 3 aliphatic heterocycles. The van der Waals surface area contributed by atoms with Crippen LogP contribution in [0.4, 0.5) is 16.4 Å². The summed E-state index contributed by atoms with van der Waals surface area (Å²) in [5.74, 6) is -0.741. The van der Waals surface area contributed by atoms with Crippen molar-refractivity contribution in [1.29, 1.82) is 0 Å². The molecular weight excluding hydrogens is 769 g/mol. The SMILES string of the molecule is COC(=O)c1cccc(-n2c(N3CCN(c4ccccc4)C3=O)nc3c(c2=O)CCN(C(=O)c2cc4cc(C5CCOCC5)ccc4n2[C@@]2(c4noc(=O)[nH]4)C[C@@H]2C)C3)c1. The molecule has 0 unspecified atom stereocenters. The van der Waals surface area contributed by atoms with E-state index in [0.717, 1.165) is 23.7 Å². The van der Waals surface area contributed by atoms with Crippen molar-refractivity contribution in [2.75, 3.05) is 49.8 Å². The van der Waals surface area contributed by atoms with Crippen molar-refractivity contribution < 1.29 is 28.4 Å². The zero-order chi connectivity index (χ0) is 41.3. The summed E-state index contributed by atoms with van der Waals surface area (Å²) in [4.78, 5) is 81.4. The summed E-state index contributed by atoms with van der Waals surface area (Å²) in [6, 6.07) is 23.6. The summed E-state index contributed by atoms with van der Waals surface area (Å²) in [6.45, 7) is 4.24. The number of hydrogen-bond donors (Lipinski definition) is 1. The van der Waals surface area contributed by atoms with Crippen molar-refractivity contribution in [3.63, 3.8) is 0 Å². The number of carbonyl (C=O) groups is 3. The number of aromatic nitrogens is 5. The van der Waals surface area contributed by atoms with Gasteiger partial charge in [-0.2, -0.15) is 0 Å². The summed E-state index contributed by atoms with van der Waals surface area (Å²) in [7, 11) is 1.28. The maximum atomic E-state index is 15.0. The van der Waals surface area contributed by atoms with Crippen LogP contribution in [-0.2, 0) is 28.0 Å². The molecule has 2 atom stereocenters. The van der Waals surface area contributed by atoms with Crippen LogP contribution in [0.2, 0.25) is 0 Å². The van der Waals surface area contributed by atoms with Crippen LogP contribution in [0.25, 0.3) is 16.6 Å². The number of aromatic amines is 1. The molecule has 3 aromatic carbocycles. The number of fused-ring (bicyclic) bond motifs is 2. The fourth-order valence-corrected chi connectivity index (χ4v) is 9.36. The molecule has 10 rings (SSSR count). The Hall–Kier alpha value is -6.81. The van der Waals surface area contributed by atoms with Gasteiger partial charge in [0.05, 0.1) is 30.6 Å². The normalized spacial score (nSPS) is 20.5. The molecular formula is C44H42N8O8.